The summed E-state index contributed by atoms with van der Waals surface area (Å²) >= 11 is 0. The molecule has 3 heterocycles. The lowest BCUT2D eigenvalue weighted by Crippen LogP contribution is -2.47. The Hall–Kier alpha value is -1.37. The molecule has 0 spiro atoms. The van der Waals surface area contributed by atoms with Crippen LogP contribution in [0.4, 0.5) is 23.2 Å². The summed E-state index contributed by atoms with van der Waals surface area (Å²) in [7, 11) is 0. The van der Waals surface area contributed by atoms with Crippen LogP contribution in [0.3, 0.4) is 0 Å². The number of alkyl halides is 3. The van der Waals surface area contributed by atoms with E-state index in [9.17, 15) is 17.6 Å². The first-order valence-corrected chi connectivity index (χ1v) is 7.09. The summed E-state index contributed by atoms with van der Waals surface area (Å²) in [6.07, 6.45) is -1.62. The normalized spacial score (nSPS) is 29.0. The Balaban J connectivity index is 1.89. The predicted molar refractivity (Wildman–Crippen MR) is 70.2 cm³/mol. The van der Waals surface area contributed by atoms with E-state index in [0.717, 1.165) is 6.20 Å². The van der Waals surface area contributed by atoms with Gasteiger partial charge in [0.05, 0.1) is 23.5 Å². The number of nitrogens with zero attached hydrogens (tertiary/aromatic N) is 2. The number of nitrogens with two attached hydrogens (primary N) is 1. The van der Waals surface area contributed by atoms with Crippen LogP contribution in [0.5, 0.6) is 0 Å². The van der Waals surface area contributed by atoms with E-state index < -0.39 is 17.9 Å². The van der Waals surface area contributed by atoms with Crippen molar-refractivity contribution in [2.45, 2.75) is 50.5 Å². The van der Waals surface area contributed by atoms with E-state index in [1.165, 1.54) is 0 Å². The van der Waals surface area contributed by atoms with Crippen LogP contribution in [0, 0.1) is 11.7 Å². The molecule has 0 radical (unpaired) electrons. The second-order valence-corrected chi connectivity index (χ2v) is 5.83. The summed E-state index contributed by atoms with van der Waals surface area (Å²) in [5, 5.41) is 0. The predicted octanol–water partition coefficient (Wildman–Crippen LogP) is 2.99. The molecule has 0 aromatic carbocycles. The highest BCUT2D eigenvalue weighted by molar-refractivity contribution is 5.52. The van der Waals surface area contributed by atoms with E-state index in [4.69, 9.17) is 5.73 Å². The number of hydrogen-bond donors (Lipinski definition) is 1. The number of pyridine rings is 1. The van der Waals surface area contributed by atoms with Crippen LogP contribution >= 0.6 is 0 Å². The van der Waals surface area contributed by atoms with Crippen molar-refractivity contribution in [1.82, 2.24) is 4.98 Å². The molecular weight excluding hydrogens is 286 g/mol. The maximum absolute atomic E-state index is 14.0. The van der Waals surface area contributed by atoms with E-state index in [0.29, 0.717) is 24.2 Å². The minimum Gasteiger partial charge on any atom is -0.363 e. The highest BCUT2D eigenvalue weighted by Gasteiger charge is 2.50. The molecule has 2 unspecified atom stereocenters. The van der Waals surface area contributed by atoms with Crippen LogP contribution in [-0.4, -0.2) is 23.2 Å². The van der Waals surface area contributed by atoms with E-state index in [2.05, 4.69) is 4.98 Å². The number of fused-ring (bicyclic) bond motifs is 2. The zero-order valence-corrected chi connectivity index (χ0v) is 11.4. The first-order valence-electron chi connectivity index (χ1n) is 7.09. The molecule has 7 heteroatoms. The van der Waals surface area contributed by atoms with Crippen molar-refractivity contribution in [1.29, 1.82) is 0 Å². The molecule has 2 bridgehead atoms. The van der Waals surface area contributed by atoms with Crippen molar-refractivity contribution in [3.8, 4) is 0 Å². The zero-order valence-electron chi connectivity index (χ0n) is 11.4. The van der Waals surface area contributed by atoms with Crippen molar-refractivity contribution in [3.63, 3.8) is 0 Å². The molecule has 3 rings (SSSR count). The average Bonchev–Trinajstić information content (AvgIpc) is 2.68. The SMILES string of the molecule is NCc1cc(N2C3CCC2CC(C(F)(F)F)C3)c(F)cn1. The lowest BCUT2D eigenvalue weighted by atomic mass is 9.89. The Morgan fingerprint density at radius 2 is 1.86 bits per heavy atom. The summed E-state index contributed by atoms with van der Waals surface area (Å²) in [6.45, 7) is 0.182. The van der Waals surface area contributed by atoms with Gasteiger partial charge in [0, 0.05) is 18.6 Å². The van der Waals surface area contributed by atoms with Gasteiger partial charge in [0.2, 0.25) is 0 Å². The van der Waals surface area contributed by atoms with Gasteiger partial charge in [-0.15, -0.1) is 0 Å². The fourth-order valence-corrected chi connectivity index (χ4v) is 3.62. The van der Waals surface area contributed by atoms with Gasteiger partial charge in [-0.1, -0.05) is 0 Å². The fourth-order valence-electron chi connectivity index (χ4n) is 3.62. The second kappa shape index (κ2) is 5.12. The van der Waals surface area contributed by atoms with E-state index >= 15 is 0 Å². The van der Waals surface area contributed by atoms with E-state index in [1.54, 1.807) is 6.07 Å². The molecule has 0 amide bonds. The minimum atomic E-state index is -4.16. The average molecular weight is 303 g/mol. The number of hydrogen-bond acceptors (Lipinski definition) is 3. The summed E-state index contributed by atoms with van der Waals surface area (Å²) in [4.78, 5) is 5.69. The quantitative estimate of drug-likeness (QED) is 0.854. The summed E-state index contributed by atoms with van der Waals surface area (Å²) in [6, 6.07) is 1.06. The van der Waals surface area contributed by atoms with Crippen LogP contribution < -0.4 is 10.6 Å². The second-order valence-electron chi connectivity index (χ2n) is 5.83. The number of halogens is 4. The van der Waals surface area contributed by atoms with Gasteiger partial charge in [-0.25, -0.2) is 4.39 Å². The first kappa shape index (κ1) is 14.6. The first-order chi connectivity index (χ1) is 9.90. The van der Waals surface area contributed by atoms with Crippen molar-refractivity contribution in [2.24, 2.45) is 11.7 Å². The highest BCUT2D eigenvalue weighted by atomic mass is 19.4. The Morgan fingerprint density at radius 1 is 1.24 bits per heavy atom. The van der Waals surface area contributed by atoms with Gasteiger partial charge in [-0.05, 0) is 31.7 Å². The molecular formula is C14H17F4N3. The third-order valence-corrected chi connectivity index (χ3v) is 4.58. The molecule has 1 aromatic rings. The topological polar surface area (TPSA) is 42.1 Å². The van der Waals surface area contributed by atoms with E-state index in [-0.39, 0.29) is 31.5 Å². The molecule has 0 saturated carbocycles. The third kappa shape index (κ3) is 2.59. The molecule has 1 aromatic heterocycles. The summed E-state index contributed by atoms with van der Waals surface area (Å²) < 4.78 is 52.8. The Morgan fingerprint density at radius 3 is 2.38 bits per heavy atom. The van der Waals surface area contributed by atoms with Gasteiger partial charge in [0.25, 0.3) is 0 Å². The molecule has 3 nitrogen and oxygen atoms in total. The van der Waals surface area contributed by atoms with Crippen molar-refractivity contribution in [3.05, 3.63) is 23.8 Å². The zero-order chi connectivity index (χ0) is 15.2. The van der Waals surface area contributed by atoms with E-state index in [1.807, 2.05) is 4.90 Å². The largest absolute Gasteiger partial charge is 0.391 e. The minimum absolute atomic E-state index is 0.0414. The van der Waals surface area contributed by atoms with Gasteiger partial charge in [-0.3, -0.25) is 4.98 Å². The molecule has 2 saturated heterocycles. The molecule has 2 atom stereocenters. The van der Waals surface area contributed by atoms with Crippen molar-refractivity contribution < 1.29 is 17.6 Å². The molecule has 116 valence electrons. The van der Waals surface area contributed by atoms with Crippen molar-refractivity contribution >= 4 is 5.69 Å². The summed E-state index contributed by atoms with van der Waals surface area (Å²) in [5.41, 5.74) is 6.40. The monoisotopic (exact) mass is 303 g/mol. The lowest BCUT2D eigenvalue weighted by Gasteiger charge is -2.41. The summed E-state index contributed by atoms with van der Waals surface area (Å²) in [5.74, 6) is -1.76. The van der Waals surface area contributed by atoms with Crippen molar-refractivity contribution in [2.75, 3.05) is 4.90 Å². The highest BCUT2D eigenvalue weighted by Crippen LogP contribution is 2.47. The molecule has 2 fully saturated rings. The van der Waals surface area contributed by atoms with Crippen LogP contribution in [0.1, 0.15) is 31.4 Å². The van der Waals surface area contributed by atoms with Gasteiger partial charge in [0.1, 0.15) is 0 Å². The lowest BCUT2D eigenvalue weighted by molar-refractivity contribution is -0.182. The van der Waals surface area contributed by atoms with Gasteiger partial charge in [-0.2, -0.15) is 13.2 Å². The van der Waals surface area contributed by atoms with Crippen LogP contribution in [0.25, 0.3) is 0 Å². The Bertz CT molecular complexity index is 517. The molecule has 2 N–H and O–H groups in total. The van der Waals surface area contributed by atoms with Gasteiger partial charge >= 0.3 is 6.18 Å². The molecule has 2 aliphatic rings. The Kier molecular flexibility index (Phi) is 3.55. The van der Waals surface area contributed by atoms with Crippen LogP contribution in [0.2, 0.25) is 0 Å². The van der Waals surface area contributed by atoms with Crippen LogP contribution in [-0.2, 0) is 6.54 Å². The molecule has 2 aliphatic heterocycles. The molecule has 0 aliphatic carbocycles. The Labute approximate surface area is 120 Å². The van der Waals surface area contributed by atoms with Gasteiger partial charge < -0.3 is 10.6 Å². The smallest absolute Gasteiger partial charge is 0.363 e. The third-order valence-electron chi connectivity index (χ3n) is 4.58. The number of piperidine rings is 1. The maximum Gasteiger partial charge on any atom is 0.391 e. The molecule has 21 heavy (non-hydrogen) atoms. The van der Waals surface area contributed by atoms with Gasteiger partial charge in [0.15, 0.2) is 5.82 Å². The number of aromatic nitrogens is 1. The maximum atomic E-state index is 14.0. The number of rotatable bonds is 2. The standard InChI is InChI=1S/C14H17F4N3/c15-12-7-20-9(6-19)5-13(12)21-10-1-2-11(21)4-8(3-10)14(16,17)18/h5,7-8,10-11H,1-4,6,19H2. The number of anilines is 1. The fraction of sp³-hybridized carbons (Fsp3) is 0.643. The van der Waals surface area contributed by atoms with Crippen LogP contribution in [0.15, 0.2) is 12.3 Å².